The third-order valence-corrected chi connectivity index (χ3v) is 6.71. The number of aryl methyl sites for hydroxylation is 1. The van der Waals surface area contributed by atoms with E-state index >= 15 is 0 Å². The van der Waals surface area contributed by atoms with Crippen molar-refractivity contribution in [2.24, 2.45) is 0 Å². The number of hydrogen-bond acceptors (Lipinski definition) is 6. The molecule has 1 aliphatic rings. The molecule has 0 spiro atoms. The maximum atomic E-state index is 13.6. The molecule has 1 aliphatic heterocycles. The first kappa shape index (κ1) is 24.3. The van der Waals surface area contributed by atoms with Crippen LogP contribution in [-0.2, 0) is 11.2 Å². The zero-order chi connectivity index (χ0) is 21.8. The molecule has 4 rings (SSSR count). The van der Waals surface area contributed by atoms with Crippen LogP contribution >= 0.6 is 23.7 Å². The highest BCUT2D eigenvalue weighted by Gasteiger charge is 2.33. The molecule has 2 heterocycles. The average molecular weight is 476 g/mol. The molecule has 0 N–H and O–H groups in total. The molecule has 172 valence electrons. The van der Waals surface area contributed by atoms with Gasteiger partial charge >= 0.3 is 0 Å². The molecule has 1 aromatic heterocycles. The van der Waals surface area contributed by atoms with Crippen LogP contribution in [0.2, 0.25) is 0 Å². The number of rotatable bonds is 8. The first-order valence-electron chi connectivity index (χ1n) is 10.9. The average Bonchev–Trinajstić information content (AvgIpc) is 3.24. The summed E-state index contributed by atoms with van der Waals surface area (Å²) < 4.78 is 12.9. The van der Waals surface area contributed by atoms with Gasteiger partial charge in [0, 0.05) is 13.1 Å². The van der Waals surface area contributed by atoms with Crippen LogP contribution in [0.5, 0.6) is 11.5 Å². The number of hydrogen-bond donors (Lipinski definition) is 0. The Morgan fingerprint density at radius 2 is 1.84 bits per heavy atom. The fraction of sp³-hybridized carbons (Fsp3) is 0.417. The number of para-hydroxylation sites is 2. The number of likely N-dealkylation sites (N-methyl/N-ethyl adjacent to an activating group) is 1. The molecule has 1 atom stereocenters. The zero-order valence-corrected chi connectivity index (χ0v) is 20.4. The van der Waals surface area contributed by atoms with Gasteiger partial charge in [-0.3, -0.25) is 9.69 Å². The van der Waals surface area contributed by atoms with E-state index in [4.69, 9.17) is 14.5 Å². The molecule has 0 bridgehead atoms. The first-order valence-corrected chi connectivity index (χ1v) is 11.8. The molecule has 1 unspecified atom stereocenters. The summed E-state index contributed by atoms with van der Waals surface area (Å²) in [4.78, 5) is 22.4. The summed E-state index contributed by atoms with van der Waals surface area (Å²) in [6.45, 7) is 9.82. The van der Waals surface area contributed by atoms with Crippen LogP contribution in [0.3, 0.4) is 0 Å². The number of anilines is 1. The lowest BCUT2D eigenvalue weighted by Crippen LogP contribution is -2.48. The number of nitrogens with zero attached hydrogens (tertiary/aromatic N) is 3. The molecular weight excluding hydrogens is 446 g/mol. The maximum absolute atomic E-state index is 13.6. The minimum absolute atomic E-state index is 0. The van der Waals surface area contributed by atoms with E-state index in [2.05, 4.69) is 37.8 Å². The molecule has 32 heavy (non-hydrogen) atoms. The van der Waals surface area contributed by atoms with Gasteiger partial charge in [0.1, 0.15) is 6.61 Å². The van der Waals surface area contributed by atoms with Crippen LogP contribution in [0.15, 0.2) is 42.5 Å². The van der Waals surface area contributed by atoms with E-state index in [1.54, 1.807) is 16.2 Å². The highest BCUT2D eigenvalue weighted by molar-refractivity contribution is 7.22. The summed E-state index contributed by atoms with van der Waals surface area (Å²) in [5.41, 5.74) is 2.19. The summed E-state index contributed by atoms with van der Waals surface area (Å²) in [5.74, 6) is 1.16. The van der Waals surface area contributed by atoms with Crippen LogP contribution < -0.4 is 14.4 Å². The maximum Gasteiger partial charge on any atom is 0.273 e. The molecule has 0 fully saturated rings. The predicted molar refractivity (Wildman–Crippen MR) is 133 cm³/mol. The minimum Gasteiger partial charge on any atom is -0.485 e. The number of carbonyl (C=O) groups excluding carboxylic acids is 1. The second kappa shape index (κ2) is 11.0. The highest BCUT2D eigenvalue weighted by atomic mass is 35.5. The summed E-state index contributed by atoms with van der Waals surface area (Å²) in [6, 6.07) is 13.8. The van der Waals surface area contributed by atoms with E-state index in [9.17, 15) is 4.79 Å². The number of benzene rings is 2. The molecule has 0 aliphatic carbocycles. The smallest absolute Gasteiger partial charge is 0.273 e. The molecule has 2 aromatic carbocycles. The lowest BCUT2D eigenvalue weighted by molar-refractivity contribution is -0.127. The molecule has 8 heteroatoms. The third-order valence-electron chi connectivity index (χ3n) is 5.67. The SMILES string of the molecule is CCc1ccc2nc(N(CCN(CC)CC)C(=O)C3COc4ccccc4O3)sc2c1.Cl. The van der Waals surface area contributed by atoms with E-state index in [0.29, 0.717) is 23.2 Å². The number of amides is 1. The summed E-state index contributed by atoms with van der Waals surface area (Å²) in [6.07, 6.45) is 0.283. The van der Waals surface area contributed by atoms with Crippen molar-refractivity contribution in [2.75, 3.05) is 37.7 Å². The molecule has 0 saturated carbocycles. The van der Waals surface area contributed by atoms with Crippen molar-refractivity contribution in [2.45, 2.75) is 33.3 Å². The van der Waals surface area contributed by atoms with E-state index in [-0.39, 0.29) is 24.9 Å². The Morgan fingerprint density at radius 1 is 1.09 bits per heavy atom. The molecule has 0 saturated heterocycles. The van der Waals surface area contributed by atoms with Gasteiger partial charge in [0.05, 0.1) is 10.2 Å². The van der Waals surface area contributed by atoms with E-state index in [1.165, 1.54) is 5.56 Å². The van der Waals surface area contributed by atoms with E-state index in [0.717, 1.165) is 36.3 Å². The number of ether oxygens (including phenoxy) is 2. The largest absolute Gasteiger partial charge is 0.485 e. The van der Waals surface area contributed by atoms with Crippen molar-refractivity contribution in [3.05, 3.63) is 48.0 Å². The molecule has 0 radical (unpaired) electrons. The van der Waals surface area contributed by atoms with Crippen molar-refractivity contribution in [1.82, 2.24) is 9.88 Å². The molecular formula is C24H30ClN3O3S. The molecule has 6 nitrogen and oxygen atoms in total. The third kappa shape index (κ3) is 5.17. The summed E-state index contributed by atoms with van der Waals surface area (Å²) >= 11 is 1.56. The van der Waals surface area contributed by atoms with Crippen molar-refractivity contribution in [3.8, 4) is 11.5 Å². The van der Waals surface area contributed by atoms with Gasteiger partial charge in [-0.2, -0.15) is 0 Å². The predicted octanol–water partition coefficient (Wildman–Crippen LogP) is 4.80. The van der Waals surface area contributed by atoms with E-state index in [1.807, 2.05) is 30.3 Å². The summed E-state index contributed by atoms with van der Waals surface area (Å²) in [7, 11) is 0. The lowest BCUT2D eigenvalue weighted by atomic mass is 10.2. The fourth-order valence-electron chi connectivity index (χ4n) is 3.69. The number of thiazole rings is 1. The van der Waals surface area contributed by atoms with Crippen LogP contribution in [0.4, 0.5) is 5.13 Å². The van der Waals surface area contributed by atoms with Gasteiger partial charge in [0.15, 0.2) is 16.6 Å². The Balaban J connectivity index is 0.00000289. The number of carbonyl (C=O) groups is 1. The van der Waals surface area contributed by atoms with Crippen molar-refractivity contribution < 1.29 is 14.3 Å². The second-order valence-electron chi connectivity index (χ2n) is 7.53. The number of fused-ring (bicyclic) bond motifs is 2. The lowest BCUT2D eigenvalue weighted by Gasteiger charge is -2.30. The quantitative estimate of drug-likeness (QED) is 0.468. The van der Waals surface area contributed by atoms with Crippen molar-refractivity contribution in [1.29, 1.82) is 0 Å². The molecule has 3 aromatic rings. The number of aromatic nitrogens is 1. The Hall–Kier alpha value is -2.35. The van der Waals surface area contributed by atoms with Crippen LogP contribution in [-0.4, -0.2) is 54.7 Å². The highest BCUT2D eigenvalue weighted by Crippen LogP contribution is 2.33. The van der Waals surface area contributed by atoms with Crippen molar-refractivity contribution >= 4 is 45.0 Å². The Morgan fingerprint density at radius 3 is 2.56 bits per heavy atom. The Kier molecular flexibility index (Phi) is 8.34. The molecule has 1 amide bonds. The van der Waals surface area contributed by atoms with Gasteiger partial charge in [-0.25, -0.2) is 4.98 Å². The van der Waals surface area contributed by atoms with Gasteiger partial charge in [-0.1, -0.05) is 50.3 Å². The van der Waals surface area contributed by atoms with Gasteiger partial charge in [0.25, 0.3) is 5.91 Å². The Bertz CT molecular complexity index is 1050. The van der Waals surface area contributed by atoms with Crippen LogP contribution in [0, 0.1) is 0 Å². The van der Waals surface area contributed by atoms with Gasteiger partial charge in [-0.05, 0) is 49.3 Å². The van der Waals surface area contributed by atoms with E-state index < -0.39 is 6.10 Å². The van der Waals surface area contributed by atoms with Crippen LogP contribution in [0.1, 0.15) is 26.3 Å². The van der Waals surface area contributed by atoms with Crippen LogP contribution in [0.25, 0.3) is 10.2 Å². The topological polar surface area (TPSA) is 54.9 Å². The fourth-order valence-corrected chi connectivity index (χ4v) is 4.75. The van der Waals surface area contributed by atoms with Gasteiger partial charge < -0.3 is 14.4 Å². The Labute approximate surface area is 199 Å². The summed E-state index contributed by atoms with van der Waals surface area (Å²) in [5, 5.41) is 0.711. The first-order chi connectivity index (χ1) is 15.1. The second-order valence-corrected chi connectivity index (χ2v) is 8.54. The minimum atomic E-state index is -0.690. The normalized spacial score (nSPS) is 14.9. The van der Waals surface area contributed by atoms with Gasteiger partial charge in [0.2, 0.25) is 6.10 Å². The zero-order valence-electron chi connectivity index (χ0n) is 18.7. The van der Waals surface area contributed by atoms with Crippen molar-refractivity contribution in [3.63, 3.8) is 0 Å². The monoisotopic (exact) mass is 475 g/mol. The standard InChI is InChI=1S/C24H29N3O3S.ClH/c1-4-17-11-12-18-22(15-17)31-24(25-18)27(14-13-26(5-2)6-3)23(28)21-16-29-19-9-7-8-10-20(19)30-21;/h7-12,15,21H,4-6,13-14,16H2,1-3H3;1H. The van der Waals surface area contributed by atoms with Gasteiger partial charge in [-0.15, -0.1) is 12.4 Å². The number of halogens is 1.